The molecule has 0 radical (unpaired) electrons. The minimum Gasteiger partial charge on any atom is -0.490 e. The van der Waals surface area contributed by atoms with Gasteiger partial charge in [-0.15, -0.1) is 11.8 Å². The Hall–Kier alpha value is -1.92. The number of carbonyl (C=O) groups excluding carboxylic acids is 1. The third-order valence-corrected chi connectivity index (χ3v) is 5.61. The summed E-state index contributed by atoms with van der Waals surface area (Å²) in [6, 6.07) is 11.8. The van der Waals surface area contributed by atoms with Crippen molar-refractivity contribution in [3.8, 4) is 5.75 Å². The molecule has 0 unspecified atom stereocenters. The molecule has 1 aliphatic rings. The van der Waals surface area contributed by atoms with Crippen molar-refractivity contribution >= 4 is 29.4 Å². The van der Waals surface area contributed by atoms with Gasteiger partial charge in [-0.2, -0.15) is 0 Å². The fourth-order valence-electron chi connectivity index (χ4n) is 2.96. The van der Waals surface area contributed by atoms with Crippen molar-refractivity contribution in [1.29, 1.82) is 0 Å². The van der Waals surface area contributed by atoms with Crippen molar-refractivity contribution in [1.82, 2.24) is 10.2 Å². The van der Waals surface area contributed by atoms with Crippen LogP contribution in [-0.2, 0) is 6.54 Å². The molecule has 0 spiro atoms. The lowest BCUT2D eigenvalue weighted by Gasteiger charge is -2.32. The molecule has 0 bridgehead atoms. The Bertz CT molecular complexity index is 780. The highest BCUT2D eigenvalue weighted by molar-refractivity contribution is 7.98. The number of nitrogens with zero attached hydrogens (tertiary/aromatic N) is 1. The van der Waals surface area contributed by atoms with Crippen LogP contribution in [0.5, 0.6) is 5.75 Å². The number of carbonyl (C=O) groups is 1. The largest absolute Gasteiger partial charge is 0.490 e. The predicted molar refractivity (Wildman–Crippen MR) is 107 cm³/mol. The molecule has 0 atom stereocenters. The predicted octanol–water partition coefficient (Wildman–Crippen LogP) is 4.95. The molecule has 144 valence electrons. The fraction of sp³-hybridized carbons (Fsp3) is 0.350. The molecule has 0 aliphatic carbocycles. The molecule has 0 saturated carbocycles. The molecule has 1 fully saturated rings. The fourth-order valence-corrected chi connectivity index (χ4v) is 3.72. The van der Waals surface area contributed by atoms with E-state index in [9.17, 15) is 9.18 Å². The van der Waals surface area contributed by atoms with Crippen LogP contribution in [0.4, 0.5) is 9.18 Å². The van der Waals surface area contributed by atoms with Crippen molar-refractivity contribution in [3.05, 3.63) is 58.9 Å². The minimum atomic E-state index is -0.281. The Kier molecular flexibility index (Phi) is 6.85. The first-order chi connectivity index (χ1) is 13.0. The first kappa shape index (κ1) is 19.8. The van der Waals surface area contributed by atoms with Crippen LogP contribution in [-0.4, -0.2) is 36.4 Å². The number of halogens is 2. The first-order valence-electron chi connectivity index (χ1n) is 8.82. The van der Waals surface area contributed by atoms with Gasteiger partial charge in [0.2, 0.25) is 0 Å². The van der Waals surface area contributed by atoms with Crippen molar-refractivity contribution in [2.75, 3.05) is 19.3 Å². The maximum Gasteiger partial charge on any atom is 0.317 e. The molecule has 1 N–H and O–H groups in total. The summed E-state index contributed by atoms with van der Waals surface area (Å²) in [7, 11) is 0. The van der Waals surface area contributed by atoms with Gasteiger partial charge in [-0.05, 0) is 48.2 Å². The lowest BCUT2D eigenvalue weighted by molar-refractivity contribution is 0.111. The van der Waals surface area contributed by atoms with E-state index in [4.69, 9.17) is 16.3 Å². The molecule has 3 rings (SSSR count). The van der Waals surface area contributed by atoms with E-state index in [1.807, 2.05) is 24.5 Å². The molecule has 2 amide bonds. The number of urea groups is 1. The molecule has 4 nitrogen and oxygen atoms in total. The van der Waals surface area contributed by atoms with Crippen LogP contribution in [0.25, 0.3) is 0 Å². The van der Waals surface area contributed by atoms with Crippen LogP contribution in [0.1, 0.15) is 18.4 Å². The van der Waals surface area contributed by atoms with Crippen molar-refractivity contribution in [3.63, 3.8) is 0 Å². The second-order valence-corrected chi connectivity index (χ2v) is 7.66. The molecule has 27 heavy (non-hydrogen) atoms. The van der Waals surface area contributed by atoms with Crippen molar-refractivity contribution < 1.29 is 13.9 Å². The topological polar surface area (TPSA) is 41.6 Å². The van der Waals surface area contributed by atoms with Crippen LogP contribution >= 0.6 is 23.4 Å². The van der Waals surface area contributed by atoms with Gasteiger partial charge in [0.15, 0.2) is 0 Å². The Morgan fingerprint density at radius 1 is 1.26 bits per heavy atom. The van der Waals surface area contributed by atoms with E-state index in [-0.39, 0.29) is 18.0 Å². The van der Waals surface area contributed by atoms with Crippen molar-refractivity contribution in [2.45, 2.75) is 30.4 Å². The van der Waals surface area contributed by atoms with Gasteiger partial charge in [0.25, 0.3) is 0 Å². The molecule has 0 aromatic heterocycles. The summed E-state index contributed by atoms with van der Waals surface area (Å²) in [6.07, 6.45) is 3.52. The lowest BCUT2D eigenvalue weighted by atomic mass is 10.1. The maximum absolute atomic E-state index is 12.9. The zero-order valence-corrected chi connectivity index (χ0v) is 16.7. The number of benzene rings is 2. The molecular formula is C20H22ClFN2O2S. The van der Waals surface area contributed by atoms with Gasteiger partial charge < -0.3 is 15.0 Å². The normalized spacial score (nSPS) is 14.9. The highest BCUT2D eigenvalue weighted by atomic mass is 35.5. The third-order valence-electron chi connectivity index (χ3n) is 4.54. The van der Waals surface area contributed by atoms with Crippen LogP contribution in [0.15, 0.2) is 47.4 Å². The second kappa shape index (κ2) is 9.33. The number of ether oxygens (including phenoxy) is 1. The summed E-state index contributed by atoms with van der Waals surface area (Å²) in [5, 5.41) is 3.59. The summed E-state index contributed by atoms with van der Waals surface area (Å²) in [5.41, 5.74) is 0.900. The van der Waals surface area contributed by atoms with Gasteiger partial charge in [-0.3, -0.25) is 0 Å². The molecular weight excluding hydrogens is 387 g/mol. The number of thioether (sulfide) groups is 1. The van der Waals surface area contributed by atoms with E-state index in [0.29, 0.717) is 30.4 Å². The smallest absolute Gasteiger partial charge is 0.317 e. The summed E-state index contributed by atoms with van der Waals surface area (Å²) in [5.74, 6) is 0.375. The lowest BCUT2D eigenvalue weighted by Crippen LogP contribution is -2.46. The minimum absolute atomic E-state index is 0.0352. The number of nitrogens with one attached hydrogen (secondary N) is 1. The number of likely N-dealkylation sites (tertiary alicyclic amines) is 1. The highest BCUT2D eigenvalue weighted by Crippen LogP contribution is 2.23. The summed E-state index contributed by atoms with van der Waals surface area (Å²) >= 11 is 7.89. The van der Waals surface area contributed by atoms with E-state index >= 15 is 0 Å². The second-order valence-electron chi connectivity index (χ2n) is 6.37. The Morgan fingerprint density at radius 2 is 1.96 bits per heavy atom. The SMILES string of the molecule is CSc1ccc(CNC(=O)N2CCC(Oc3ccc(F)cc3)CC2)c(Cl)c1. The van der Waals surface area contributed by atoms with Crippen LogP contribution in [0.3, 0.4) is 0 Å². The molecule has 1 aliphatic heterocycles. The summed E-state index contributed by atoms with van der Waals surface area (Å²) < 4.78 is 18.8. The Balaban J connectivity index is 1.45. The molecule has 7 heteroatoms. The maximum atomic E-state index is 12.9. The van der Waals surface area contributed by atoms with Gasteiger partial charge in [0.1, 0.15) is 17.7 Å². The van der Waals surface area contributed by atoms with E-state index in [1.54, 1.807) is 28.8 Å². The highest BCUT2D eigenvalue weighted by Gasteiger charge is 2.24. The first-order valence-corrected chi connectivity index (χ1v) is 10.4. The van der Waals surface area contributed by atoms with E-state index in [1.165, 1.54) is 12.1 Å². The Morgan fingerprint density at radius 3 is 2.59 bits per heavy atom. The summed E-state index contributed by atoms with van der Waals surface area (Å²) in [4.78, 5) is 15.3. The molecule has 2 aromatic carbocycles. The van der Waals surface area contributed by atoms with Crippen LogP contribution in [0, 0.1) is 5.82 Å². The van der Waals surface area contributed by atoms with Crippen LogP contribution in [0.2, 0.25) is 5.02 Å². The Labute approximate surface area is 168 Å². The monoisotopic (exact) mass is 408 g/mol. The number of amides is 2. The average Bonchev–Trinajstić information content (AvgIpc) is 2.69. The molecule has 1 saturated heterocycles. The third kappa shape index (κ3) is 5.53. The molecule has 2 aromatic rings. The number of hydrogen-bond acceptors (Lipinski definition) is 3. The number of rotatable bonds is 5. The van der Waals surface area contributed by atoms with E-state index in [0.717, 1.165) is 23.3 Å². The number of piperidine rings is 1. The van der Waals surface area contributed by atoms with Gasteiger partial charge in [0, 0.05) is 42.4 Å². The van der Waals surface area contributed by atoms with Gasteiger partial charge in [0.05, 0.1) is 0 Å². The average molecular weight is 409 g/mol. The molecule has 1 heterocycles. The van der Waals surface area contributed by atoms with E-state index < -0.39 is 0 Å². The van der Waals surface area contributed by atoms with E-state index in [2.05, 4.69) is 5.32 Å². The standard InChI is InChI=1S/C20H22ClFN2O2S/c1-27-18-7-2-14(19(21)12-18)13-23-20(25)24-10-8-17(9-11-24)26-16-5-3-15(22)4-6-16/h2-7,12,17H,8-11,13H2,1H3,(H,23,25). The number of hydrogen-bond donors (Lipinski definition) is 1. The van der Waals surface area contributed by atoms with Gasteiger partial charge in [-0.25, -0.2) is 9.18 Å². The van der Waals surface area contributed by atoms with Crippen LogP contribution < -0.4 is 10.1 Å². The quantitative estimate of drug-likeness (QED) is 0.711. The zero-order valence-electron chi connectivity index (χ0n) is 15.1. The zero-order chi connectivity index (χ0) is 19.2. The van der Waals surface area contributed by atoms with Crippen molar-refractivity contribution in [2.24, 2.45) is 0 Å². The summed E-state index contributed by atoms with van der Waals surface area (Å²) in [6.45, 7) is 1.64. The van der Waals surface area contributed by atoms with Gasteiger partial charge in [-0.1, -0.05) is 17.7 Å². The van der Waals surface area contributed by atoms with Gasteiger partial charge >= 0.3 is 6.03 Å².